The number of phenols is 2. The van der Waals surface area contributed by atoms with Crippen LogP contribution in [0, 0.1) is 0 Å². The van der Waals surface area contributed by atoms with Crippen LogP contribution in [0.15, 0.2) is 138 Å². The normalized spacial score (nSPS) is 16.0. The standard InChI is InChI=1S/C50H44N2O4/c1-55-43-25-23-31-13-3-7-17-37(31)45(43)47-39-19-9-5-15-33(39)27-35(49(47)53)29-51-41-21-11-12-22-42(41)52-30-36-28-34-16-6-10-20-40(34)48(50(36)54)46-38-18-8-4-14-32(38)24-26-44(46)56-2/h3-10,13-20,23-29,41-42,52-54H,11-12,21-22,30H2,1-2H3/t41-,42-/m0/s1. The number of ether oxygens (including phenoxy) is 2. The molecule has 9 rings (SSSR count). The number of methoxy groups -OCH3 is 2. The van der Waals surface area contributed by atoms with E-state index in [1.54, 1.807) is 14.2 Å². The zero-order chi connectivity index (χ0) is 38.2. The maximum atomic E-state index is 12.1. The third-order valence-electron chi connectivity index (χ3n) is 11.6. The molecule has 56 heavy (non-hydrogen) atoms. The lowest BCUT2D eigenvalue weighted by molar-refractivity contribution is 0.327. The van der Waals surface area contributed by atoms with Crippen LogP contribution in [-0.2, 0) is 6.54 Å². The molecular weight excluding hydrogens is 693 g/mol. The van der Waals surface area contributed by atoms with E-state index >= 15 is 0 Å². The summed E-state index contributed by atoms with van der Waals surface area (Å²) in [6, 6.07) is 45.1. The Morgan fingerprint density at radius 3 is 1.62 bits per heavy atom. The number of nitrogens with zero attached hydrogens (tertiary/aromatic N) is 1. The molecule has 0 heterocycles. The average Bonchev–Trinajstić information content (AvgIpc) is 3.25. The molecule has 8 aromatic carbocycles. The number of aromatic hydroxyl groups is 2. The largest absolute Gasteiger partial charge is 0.507 e. The molecule has 3 N–H and O–H groups in total. The molecule has 0 spiro atoms. The lowest BCUT2D eigenvalue weighted by atomic mass is 9.89. The summed E-state index contributed by atoms with van der Waals surface area (Å²) in [7, 11) is 3.36. The van der Waals surface area contributed by atoms with Crippen LogP contribution in [0.25, 0.3) is 65.3 Å². The number of hydrogen-bond donors (Lipinski definition) is 3. The van der Waals surface area contributed by atoms with Crippen molar-refractivity contribution in [3.63, 3.8) is 0 Å². The number of phenolic OH excluding ortho intramolecular Hbond substituents is 2. The molecule has 278 valence electrons. The maximum absolute atomic E-state index is 12.1. The Morgan fingerprint density at radius 1 is 0.571 bits per heavy atom. The zero-order valence-electron chi connectivity index (χ0n) is 31.6. The van der Waals surface area contributed by atoms with Gasteiger partial charge in [-0.15, -0.1) is 0 Å². The number of aliphatic imine (C=N–C) groups is 1. The van der Waals surface area contributed by atoms with Crippen molar-refractivity contribution in [2.45, 2.75) is 44.3 Å². The molecule has 0 radical (unpaired) electrons. The highest BCUT2D eigenvalue weighted by Crippen LogP contribution is 2.48. The Kier molecular flexibility index (Phi) is 9.49. The lowest BCUT2D eigenvalue weighted by Gasteiger charge is -2.30. The predicted octanol–water partition coefficient (Wildman–Crippen LogP) is 11.6. The van der Waals surface area contributed by atoms with E-state index in [1.165, 1.54) is 0 Å². The minimum Gasteiger partial charge on any atom is -0.507 e. The molecule has 6 heteroatoms. The molecule has 0 aliphatic heterocycles. The van der Waals surface area contributed by atoms with Crippen molar-refractivity contribution in [2.75, 3.05) is 14.2 Å². The van der Waals surface area contributed by atoms with E-state index in [9.17, 15) is 10.2 Å². The summed E-state index contributed by atoms with van der Waals surface area (Å²) in [5, 5.41) is 36.2. The molecule has 0 saturated heterocycles. The summed E-state index contributed by atoms with van der Waals surface area (Å²) < 4.78 is 11.8. The highest BCUT2D eigenvalue weighted by Gasteiger charge is 2.26. The highest BCUT2D eigenvalue weighted by atomic mass is 16.5. The quantitative estimate of drug-likeness (QED) is 0.129. The Bertz CT molecular complexity index is 2790. The first-order valence-corrected chi connectivity index (χ1v) is 19.4. The van der Waals surface area contributed by atoms with Crippen molar-refractivity contribution in [2.24, 2.45) is 4.99 Å². The van der Waals surface area contributed by atoms with Gasteiger partial charge in [0.2, 0.25) is 0 Å². The molecule has 0 unspecified atom stereocenters. The van der Waals surface area contributed by atoms with Crippen molar-refractivity contribution >= 4 is 49.3 Å². The van der Waals surface area contributed by atoms with Crippen LogP contribution >= 0.6 is 0 Å². The Labute approximate surface area is 326 Å². The van der Waals surface area contributed by atoms with E-state index in [2.05, 4.69) is 72.0 Å². The van der Waals surface area contributed by atoms with Gasteiger partial charge in [0.1, 0.15) is 23.0 Å². The van der Waals surface area contributed by atoms with Gasteiger partial charge in [-0.25, -0.2) is 0 Å². The summed E-state index contributed by atoms with van der Waals surface area (Å²) in [5.41, 5.74) is 4.75. The Hall–Kier alpha value is -6.37. The Morgan fingerprint density at radius 2 is 1.05 bits per heavy atom. The van der Waals surface area contributed by atoms with E-state index in [0.717, 1.165) is 102 Å². The average molecular weight is 737 g/mol. The molecule has 1 aliphatic carbocycles. The van der Waals surface area contributed by atoms with Gasteiger partial charge in [-0.3, -0.25) is 4.99 Å². The van der Waals surface area contributed by atoms with E-state index < -0.39 is 0 Å². The molecule has 1 fully saturated rings. The fourth-order valence-corrected chi connectivity index (χ4v) is 8.80. The van der Waals surface area contributed by atoms with E-state index in [0.29, 0.717) is 17.9 Å². The minimum absolute atomic E-state index is 0.00890. The maximum Gasteiger partial charge on any atom is 0.132 e. The van der Waals surface area contributed by atoms with Crippen LogP contribution in [0.5, 0.6) is 23.0 Å². The van der Waals surface area contributed by atoms with E-state index in [-0.39, 0.29) is 23.6 Å². The molecule has 2 atom stereocenters. The monoisotopic (exact) mass is 736 g/mol. The topological polar surface area (TPSA) is 83.3 Å². The van der Waals surface area contributed by atoms with Gasteiger partial charge in [-0.1, -0.05) is 122 Å². The first-order chi connectivity index (χ1) is 27.5. The van der Waals surface area contributed by atoms with Gasteiger partial charge in [0.25, 0.3) is 0 Å². The second-order valence-electron chi connectivity index (χ2n) is 14.7. The Balaban J connectivity index is 1.07. The fourth-order valence-electron chi connectivity index (χ4n) is 8.80. The summed E-state index contributed by atoms with van der Waals surface area (Å²) >= 11 is 0. The van der Waals surface area contributed by atoms with E-state index in [1.807, 2.05) is 72.9 Å². The molecule has 8 aromatic rings. The second kappa shape index (κ2) is 15.0. The molecule has 1 saturated carbocycles. The van der Waals surface area contributed by atoms with Crippen LogP contribution in [0.4, 0.5) is 0 Å². The third kappa shape index (κ3) is 6.26. The molecule has 0 bridgehead atoms. The summed E-state index contributed by atoms with van der Waals surface area (Å²) in [6.07, 6.45) is 5.91. The van der Waals surface area contributed by atoms with Gasteiger partial charge in [-0.2, -0.15) is 0 Å². The van der Waals surface area contributed by atoms with E-state index in [4.69, 9.17) is 14.5 Å². The van der Waals surface area contributed by atoms with Crippen LogP contribution in [0.1, 0.15) is 36.8 Å². The summed E-state index contributed by atoms with van der Waals surface area (Å²) in [6.45, 7) is 0.472. The SMILES string of the molecule is COc1ccc2ccccc2c1-c1c(O)c(C=N[C@H]2CCCC[C@@H]2NCc2cc3ccccc3c(-c3c(OC)ccc4ccccc34)c2O)cc2ccccc12. The van der Waals surface area contributed by atoms with Crippen molar-refractivity contribution in [1.29, 1.82) is 0 Å². The van der Waals surface area contributed by atoms with Crippen LogP contribution in [-0.4, -0.2) is 42.7 Å². The lowest BCUT2D eigenvalue weighted by Crippen LogP contribution is -2.40. The smallest absolute Gasteiger partial charge is 0.132 e. The number of nitrogens with one attached hydrogen (secondary N) is 1. The van der Waals surface area contributed by atoms with Crippen LogP contribution < -0.4 is 14.8 Å². The van der Waals surface area contributed by atoms with Crippen molar-refractivity contribution in [1.82, 2.24) is 5.32 Å². The van der Waals surface area contributed by atoms with Crippen LogP contribution in [0.2, 0.25) is 0 Å². The molecular formula is C50H44N2O4. The van der Waals surface area contributed by atoms with Gasteiger partial charge in [0.05, 0.1) is 20.3 Å². The first kappa shape index (κ1) is 35.3. The second-order valence-corrected chi connectivity index (χ2v) is 14.7. The predicted molar refractivity (Wildman–Crippen MR) is 231 cm³/mol. The van der Waals surface area contributed by atoms with Crippen molar-refractivity contribution < 1.29 is 19.7 Å². The fraction of sp³-hybridized carbons (Fsp3) is 0.180. The summed E-state index contributed by atoms with van der Waals surface area (Å²) in [5.74, 6) is 1.85. The zero-order valence-corrected chi connectivity index (χ0v) is 31.6. The van der Waals surface area contributed by atoms with Gasteiger partial charge in [0, 0.05) is 52.2 Å². The van der Waals surface area contributed by atoms with Crippen LogP contribution in [0.3, 0.4) is 0 Å². The number of benzene rings is 8. The first-order valence-electron chi connectivity index (χ1n) is 19.4. The van der Waals surface area contributed by atoms with Gasteiger partial charge < -0.3 is 25.0 Å². The van der Waals surface area contributed by atoms with Crippen molar-refractivity contribution in [3.8, 4) is 45.3 Å². The van der Waals surface area contributed by atoms with Gasteiger partial charge >= 0.3 is 0 Å². The molecule has 1 aliphatic rings. The van der Waals surface area contributed by atoms with Gasteiger partial charge in [0.15, 0.2) is 0 Å². The number of hydrogen-bond acceptors (Lipinski definition) is 6. The molecule has 6 nitrogen and oxygen atoms in total. The highest BCUT2D eigenvalue weighted by molar-refractivity contribution is 6.13. The number of fused-ring (bicyclic) bond motifs is 4. The molecule has 0 amide bonds. The number of rotatable bonds is 9. The van der Waals surface area contributed by atoms with Crippen molar-refractivity contribution in [3.05, 3.63) is 145 Å². The minimum atomic E-state index is -0.00890. The molecule has 0 aromatic heterocycles. The van der Waals surface area contributed by atoms with Gasteiger partial charge in [-0.05, 0) is 80.2 Å². The summed E-state index contributed by atoms with van der Waals surface area (Å²) in [4.78, 5) is 5.19. The third-order valence-corrected chi connectivity index (χ3v) is 11.6.